The number of carbonyl (C=O) groups is 1. The summed E-state index contributed by atoms with van der Waals surface area (Å²) in [6, 6.07) is 22.9. The molecular weight excluding hydrogens is 352 g/mol. The molecule has 0 spiro atoms. The highest BCUT2D eigenvalue weighted by Crippen LogP contribution is 2.19. The van der Waals surface area contributed by atoms with Gasteiger partial charge in [-0.1, -0.05) is 60.7 Å². The van der Waals surface area contributed by atoms with Crippen LogP contribution in [0.1, 0.15) is 21.5 Å². The van der Waals surface area contributed by atoms with E-state index in [0.717, 1.165) is 18.4 Å². The fourth-order valence-corrected chi connectivity index (χ4v) is 3.27. The smallest absolute Gasteiger partial charge is 0.336 e. The SMILES string of the molecule is O=C(O)c1cccc2nc(-c3ccc(CCc4ccccc4)cc3)[nH]c(=O)c12. The summed E-state index contributed by atoms with van der Waals surface area (Å²) in [4.78, 5) is 31.0. The molecule has 0 amide bonds. The molecule has 28 heavy (non-hydrogen) atoms. The van der Waals surface area contributed by atoms with E-state index in [1.807, 2.05) is 42.5 Å². The summed E-state index contributed by atoms with van der Waals surface area (Å²) in [6.07, 6.45) is 1.89. The van der Waals surface area contributed by atoms with Gasteiger partial charge in [0.15, 0.2) is 0 Å². The van der Waals surface area contributed by atoms with Crippen LogP contribution >= 0.6 is 0 Å². The van der Waals surface area contributed by atoms with Crippen molar-refractivity contribution in [2.75, 3.05) is 0 Å². The van der Waals surface area contributed by atoms with E-state index < -0.39 is 11.5 Å². The number of H-pyrrole nitrogens is 1. The fourth-order valence-electron chi connectivity index (χ4n) is 3.27. The van der Waals surface area contributed by atoms with Crippen molar-refractivity contribution in [3.05, 3.63) is 99.8 Å². The minimum atomic E-state index is -1.14. The molecule has 0 aliphatic rings. The van der Waals surface area contributed by atoms with Gasteiger partial charge in [0.2, 0.25) is 0 Å². The Morgan fingerprint density at radius 1 is 0.857 bits per heavy atom. The number of hydrogen-bond acceptors (Lipinski definition) is 3. The predicted molar refractivity (Wildman–Crippen MR) is 109 cm³/mol. The maximum Gasteiger partial charge on any atom is 0.336 e. The first-order valence-corrected chi connectivity index (χ1v) is 9.01. The Morgan fingerprint density at radius 3 is 2.21 bits per heavy atom. The van der Waals surface area contributed by atoms with Crippen molar-refractivity contribution in [1.82, 2.24) is 9.97 Å². The molecule has 0 saturated heterocycles. The fraction of sp³-hybridized carbons (Fsp3) is 0.0870. The second kappa shape index (κ2) is 7.48. The third-order valence-corrected chi connectivity index (χ3v) is 4.74. The van der Waals surface area contributed by atoms with Gasteiger partial charge in [-0.15, -0.1) is 0 Å². The normalized spacial score (nSPS) is 10.9. The molecule has 0 unspecified atom stereocenters. The van der Waals surface area contributed by atoms with Crippen LogP contribution in [0.3, 0.4) is 0 Å². The van der Waals surface area contributed by atoms with E-state index in [9.17, 15) is 14.7 Å². The molecule has 0 bridgehead atoms. The molecule has 0 saturated carbocycles. The van der Waals surface area contributed by atoms with Gasteiger partial charge in [-0.3, -0.25) is 4.79 Å². The Labute approximate surface area is 161 Å². The third kappa shape index (κ3) is 3.55. The lowest BCUT2D eigenvalue weighted by atomic mass is 10.0. The second-order valence-corrected chi connectivity index (χ2v) is 6.60. The van der Waals surface area contributed by atoms with Crippen LogP contribution in [0.4, 0.5) is 0 Å². The molecule has 0 fully saturated rings. The minimum absolute atomic E-state index is 0.0472. The van der Waals surface area contributed by atoms with Crippen molar-refractivity contribution >= 4 is 16.9 Å². The van der Waals surface area contributed by atoms with Gasteiger partial charge < -0.3 is 10.1 Å². The van der Waals surface area contributed by atoms with Crippen molar-refractivity contribution in [2.24, 2.45) is 0 Å². The average Bonchev–Trinajstić information content (AvgIpc) is 2.73. The van der Waals surface area contributed by atoms with Gasteiger partial charge in [0.1, 0.15) is 5.82 Å². The maximum atomic E-state index is 12.5. The molecule has 138 valence electrons. The van der Waals surface area contributed by atoms with Crippen LogP contribution in [-0.2, 0) is 12.8 Å². The molecule has 0 aliphatic heterocycles. The summed E-state index contributed by atoms with van der Waals surface area (Å²) in [5, 5.41) is 9.37. The van der Waals surface area contributed by atoms with Gasteiger partial charge in [-0.25, -0.2) is 9.78 Å². The summed E-state index contributed by atoms with van der Waals surface area (Å²) >= 11 is 0. The molecule has 1 aromatic heterocycles. The Hall–Kier alpha value is -3.73. The Bertz CT molecular complexity index is 1200. The first-order chi connectivity index (χ1) is 13.6. The van der Waals surface area contributed by atoms with E-state index in [1.165, 1.54) is 17.2 Å². The van der Waals surface area contributed by atoms with E-state index in [4.69, 9.17) is 0 Å². The molecule has 5 heteroatoms. The third-order valence-electron chi connectivity index (χ3n) is 4.74. The number of benzene rings is 3. The number of fused-ring (bicyclic) bond motifs is 1. The van der Waals surface area contributed by atoms with Crippen molar-refractivity contribution in [1.29, 1.82) is 0 Å². The monoisotopic (exact) mass is 370 g/mol. The Morgan fingerprint density at radius 2 is 1.54 bits per heavy atom. The van der Waals surface area contributed by atoms with Crippen LogP contribution in [0.2, 0.25) is 0 Å². The lowest BCUT2D eigenvalue weighted by Crippen LogP contribution is -2.13. The summed E-state index contributed by atoms with van der Waals surface area (Å²) in [5.41, 5.74) is 3.14. The molecule has 0 radical (unpaired) electrons. The van der Waals surface area contributed by atoms with Crippen LogP contribution in [0.25, 0.3) is 22.3 Å². The quantitative estimate of drug-likeness (QED) is 0.555. The van der Waals surface area contributed by atoms with Crippen molar-refractivity contribution in [3.8, 4) is 11.4 Å². The first kappa shape index (κ1) is 17.7. The van der Waals surface area contributed by atoms with Gasteiger partial charge in [0, 0.05) is 5.56 Å². The average molecular weight is 370 g/mol. The van der Waals surface area contributed by atoms with Crippen LogP contribution in [0.15, 0.2) is 77.6 Å². The van der Waals surface area contributed by atoms with E-state index >= 15 is 0 Å². The number of nitrogens with one attached hydrogen (secondary N) is 1. The molecular formula is C23H18N2O3. The molecule has 3 aromatic carbocycles. The van der Waals surface area contributed by atoms with Gasteiger partial charge in [-0.05, 0) is 36.1 Å². The second-order valence-electron chi connectivity index (χ2n) is 6.60. The molecule has 4 rings (SSSR count). The van der Waals surface area contributed by atoms with Crippen molar-refractivity contribution in [3.63, 3.8) is 0 Å². The van der Waals surface area contributed by atoms with E-state index in [0.29, 0.717) is 11.3 Å². The number of aromatic carboxylic acids is 1. The van der Waals surface area contributed by atoms with Gasteiger partial charge >= 0.3 is 5.97 Å². The van der Waals surface area contributed by atoms with E-state index in [2.05, 4.69) is 22.1 Å². The van der Waals surface area contributed by atoms with Crippen LogP contribution in [0.5, 0.6) is 0 Å². The number of carboxylic acids is 1. The molecule has 0 aliphatic carbocycles. The molecule has 4 aromatic rings. The number of rotatable bonds is 5. The van der Waals surface area contributed by atoms with Crippen LogP contribution in [0, 0.1) is 0 Å². The highest BCUT2D eigenvalue weighted by atomic mass is 16.4. The number of carboxylic acid groups (broad SMARTS) is 1. The standard InChI is InChI=1S/C23H18N2O3/c26-22-20-18(23(27)28)7-4-8-19(20)24-21(25-22)17-13-11-16(12-14-17)10-9-15-5-2-1-3-6-15/h1-8,11-14H,9-10H2,(H,27,28)(H,24,25,26). The Balaban J connectivity index is 1.61. The zero-order valence-corrected chi connectivity index (χ0v) is 15.1. The maximum absolute atomic E-state index is 12.5. The van der Waals surface area contributed by atoms with Crippen LogP contribution in [-0.4, -0.2) is 21.0 Å². The zero-order chi connectivity index (χ0) is 19.5. The largest absolute Gasteiger partial charge is 0.478 e. The van der Waals surface area contributed by atoms with Crippen molar-refractivity contribution < 1.29 is 9.90 Å². The number of aromatic nitrogens is 2. The van der Waals surface area contributed by atoms with E-state index in [-0.39, 0.29) is 10.9 Å². The summed E-state index contributed by atoms with van der Waals surface area (Å²) in [5.74, 6) is -0.719. The van der Waals surface area contributed by atoms with Gasteiger partial charge in [0.05, 0.1) is 16.5 Å². The molecule has 0 atom stereocenters. The number of hydrogen-bond donors (Lipinski definition) is 2. The number of aryl methyl sites for hydroxylation is 2. The van der Waals surface area contributed by atoms with Crippen molar-refractivity contribution in [2.45, 2.75) is 12.8 Å². The summed E-state index contributed by atoms with van der Waals surface area (Å²) in [7, 11) is 0. The topological polar surface area (TPSA) is 83.0 Å². The number of nitrogens with zero attached hydrogens (tertiary/aromatic N) is 1. The number of aromatic amines is 1. The van der Waals surface area contributed by atoms with E-state index in [1.54, 1.807) is 12.1 Å². The van der Waals surface area contributed by atoms with Gasteiger partial charge in [0.25, 0.3) is 5.56 Å². The lowest BCUT2D eigenvalue weighted by Gasteiger charge is -2.07. The highest BCUT2D eigenvalue weighted by molar-refractivity contribution is 6.02. The van der Waals surface area contributed by atoms with Gasteiger partial charge in [-0.2, -0.15) is 0 Å². The predicted octanol–water partition coefficient (Wildman–Crippen LogP) is 4.07. The zero-order valence-electron chi connectivity index (χ0n) is 15.1. The Kier molecular flexibility index (Phi) is 4.72. The molecule has 1 heterocycles. The minimum Gasteiger partial charge on any atom is -0.478 e. The molecule has 2 N–H and O–H groups in total. The lowest BCUT2D eigenvalue weighted by molar-refractivity contribution is 0.0699. The summed E-state index contributed by atoms with van der Waals surface area (Å²) in [6.45, 7) is 0. The first-order valence-electron chi connectivity index (χ1n) is 9.01. The van der Waals surface area contributed by atoms with Crippen LogP contribution < -0.4 is 5.56 Å². The highest BCUT2D eigenvalue weighted by Gasteiger charge is 2.14. The summed E-state index contributed by atoms with van der Waals surface area (Å²) < 4.78 is 0. The molecule has 5 nitrogen and oxygen atoms in total.